The van der Waals surface area contributed by atoms with Crippen molar-refractivity contribution in [2.45, 2.75) is 19.8 Å². The van der Waals surface area contributed by atoms with Gasteiger partial charge in [-0.1, -0.05) is 13.8 Å². The van der Waals surface area contributed by atoms with Crippen LogP contribution in [-0.2, 0) is 7.05 Å². The second kappa shape index (κ2) is 3.15. The van der Waals surface area contributed by atoms with Crippen LogP contribution in [0.4, 0.5) is 11.6 Å². The fourth-order valence-corrected chi connectivity index (χ4v) is 1.92. The highest BCUT2D eigenvalue weighted by atomic mass is 15.1. The van der Waals surface area contributed by atoms with Gasteiger partial charge in [0.25, 0.3) is 0 Å². The maximum absolute atomic E-state index is 5.96. The molecule has 0 spiro atoms. The Morgan fingerprint density at radius 1 is 1.27 bits per heavy atom. The Hall–Kier alpha value is -1.71. The first-order chi connectivity index (χ1) is 7.02. The van der Waals surface area contributed by atoms with Crippen molar-refractivity contribution in [1.82, 2.24) is 9.55 Å². The summed E-state index contributed by atoms with van der Waals surface area (Å²) in [7, 11) is 1.91. The number of hydrogen-bond donors (Lipinski definition) is 2. The lowest BCUT2D eigenvalue weighted by Crippen LogP contribution is -1.98. The Labute approximate surface area is 88.9 Å². The van der Waals surface area contributed by atoms with E-state index in [4.69, 9.17) is 11.5 Å². The van der Waals surface area contributed by atoms with Gasteiger partial charge < -0.3 is 16.0 Å². The molecule has 0 aliphatic heterocycles. The summed E-state index contributed by atoms with van der Waals surface area (Å²) in [5.74, 6) is 0.875. The summed E-state index contributed by atoms with van der Waals surface area (Å²) in [6.07, 6.45) is 0. The SMILES string of the molecule is CC(C)c1c(N)ccc2c1nc(N)n2C. The van der Waals surface area contributed by atoms with Gasteiger partial charge in [0, 0.05) is 18.3 Å². The molecule has 0 aliphatic rings. The summed E-state index contributed by atoms with van der Waals surface area (Å²) in [5, 5.41) is 0. The summed E-state index contributed by atoms with van der Waals surface area (Å²) in [6.45, 7) is 4.21. The van der Waals surface area contributed by atoms with E-state index < -0.39 is 0 Å². The van der Waals surface area contributed by atoms with Crippen molar-refractivity contribution in [2.75, 3.05) is 11.5 Å². The van der Waals surface area contributed by atoms with E-state index in [-0.39, 0.29) is 0 Å². The number of aryl methyl sites for hydroxylation is 1. The number of anilines is 2. The molecule has 0 bridgehead atoms. The summed E-state index contributed by atoms with van der Waals surface area (Å²) in [5.41, 5.74) is 15.6. The number of hydrogen-bond acceptors (Lipinski definition) is 3. The van der Waals surface area contributed by atoms with Gasteiger partial charge in [-0.25, -0.2) is 4.98 Å². The van der Waals surface area contributed by atoms with Crippen LogP contribution in [-0.4, -0.2) is 9.55 Å². The van der Waals surface area contributed by atoms with Crippen LogP contribution in [0.3, 0.4) is 0 Å². The lowest BCUT2D eigenvalue weighted by molar-refractivity contribution is 0.876. The second-order valence-corrected chi connectivity index (χ2v) is 4.12. The summed E-state index contributed by atoms with van der Waals surface area (Å²) in [4.78, 5) is 4.36. The van der Waals surface area contributed by atoms with E-state index in [0.29, 0.717) is 11.9 Å². The van der Waals surface area contributed by atoms with Crippen molar-refractivity contribution in [3.05, 3.63) is 17.7 Å². The zero-order chi connectivity index (χ0) is 11.2. The summed E-state index contributed by atoms with van der Waals surface area (Å²) in [6, 6.07) is 3.87. The lowest BCUT2D eigenvalue weighted by atomic mass is 9.99. The van der Waals surface area contributed by atoms with Crippen molar-refractivity contribution >= 4 is 22.7 Å². The van der Waals surface area contributed by atoms with Crippen LogP contribution in [0.25, 0.3) is 11.0 Å². The maximum atomic E-state index is 5.96. The molecule has 0 amide bonds. The minimum absolute atomic E-state index is 0.350. The number of rotatable bonds is 1. The van der Waals surface area contributed by atoms with E-state index in [1.165, 1.54) is 0 Å². The number of fused-ring (bicyclic) bond motifs is 1. The van der Waals surface area contributed by atoms with E-state index >= 15 is 0 Å². The van der Waals surface area contributed by atoms with Crippen LogP contribution < -0.4 is 11.5 Å². The largest absolute Gasteiger partial charge is 0.398 e. The van der Waals surface area contributed by atoms with Gasteiger partial charge in [0.05, 0.1) is 11.0 Å². The Bertz CT molecular complexity index is 511. The first-order valence-corrected chi connectivity index (χ1v) is 5.02. The molecule has 0 aliphatic carbocycles. The third kappa shape index (κ3) is 1.33. The Balaban J connectivity index is 2.88. The van der Waals surface area contributed by atoms with Crippen LogP contribution in [0, 0.1) is 0 Å². The van der Waals surface area contributed by atoms with Gasteiger partial charge >= 0.3 is 0 Å². The molecule has 0 saturated heterocycles. The first kappa shape index (κ1) is 9.83. The van der Waals surface area contributed by atoms with Crippen molar-refractivity contribution in [3.8, 4) is 0 Å². The highest BCUT2D eigenvalue weighted by Crippen LogP contribution is 2.30. The number of imidazole rings is 1. The lowest BCUT2D eigenvalue weighted by Gasteiger charge is -2.09. The minimum atomic E-state index is 0.350. The molecule has 15 heavy (non-hydrogen) atoms. The highest BCUT2D eigenvalue weighted by Gasteiger charge is 2.14. The average molecular weight is 204 g/mol. The standard InChI is InChI=1S/C11H16N4/c1-6(2)9-7(12)4-5-8-10(9)14-11(13)15(8)3/h4-6H,12H2,1-3H3,(H2,13,14). The van der Waals surface area contributed by atoms with Crippen molar-refractivity contribution in [3.63, 3.8) is 0 Å². The zero-order valence-electron chi connectivity index (χ0n) is 9.28. The Kier molecular flexibility index (Phi) is 2.07. The molecule has 80 valence electrons. The molecule has 4 N–H and O–H groups in total. The molecule has 2 rings (SSSR count). The average Bonchev–Trinajstić information content (AvgIpc) is 2.42. The second-order valence-electron chi connectivity index (χ2n) is 4.12. The summed E-state index contributed by atoms with van der Waals surface area (Å²) >= 11 is 0. The fraction of sp³-hybridized carbons (Fsp3) is 0.364. The molecule has 0 radical (unpaired) electrons. The van der Waals surface area contributed by atoms with Gasteiger partial charge in [-0.15, -0.1) is 0 Å². The maximum Gasteiger partial charge on any atom is 0.200 e. The number of nitrogen functional groups attached to an aromatic ring is 2. The van der Waals surface area contributed by atoms with Crippen LogP contribution in [0.15, 0.2) is 12.1 Å². The van der Waals surface area contributed by atoms with Gasteiger partial charge in [0.2, 0.25) is 5.95 Å². The van der Waals surface area contributed by atoms with Gasteiger partial charge in [-0.3, -0.25) is 0 Å². The smallest absolute Gasteiger partial charge is 0.200 e. The third-order valence-corrected chi connectivity index (χ3v) is 2.74. The van der Waals surface area contributed by atoms with Crippen molar-refractivity contribution < 1.29 is 0 Å². The molecule has 1 aromatic heterocycles. The Morgan fingerprint density at radius 2 is 1.93 bits per heavy atom. The van der Waals surface area contributed by atoms with E-state index in [2.05, 4.69) is 18.8 Å². The van der Waals surface area contributed by atoms with Gasteiger partial charge in [-0.05, 0) is 18.1 Å². The van der Waals surface area contributed by atoms with Gasteiger partial charge in [0.1, 0.15) is 0 Å². The molecule has 1 aromatic carbocycles. The fourth-order valence-electron chi connectivity index (χ4n) is 1.92. The van der Waals surface area contributed by atoms with E-state index in [1.807, 2.05) is 23.7 Å². The topological polar surface area (TPSA) is 69.9 Å². The molecule has 0 fully saturated rings. The van der Waals surface area contributed by atoms with Crippen molar-refractivity contribution in [1.29, 1.82) is 0 Å². The first-order valence-electron chi connectivity index (χ1n) is 5.02. The molecular weight excluding hydrogens is 188 g/mol. The highest BCUT2D eigenvalue weighted by molar-refractivity contribution is 5.86. The van der Waals surface area contributed by atoms with E-state index in [1.54, 1.807) is 0 Å². The summed E-state index contributed by atoms with van der Waals surface area (Å²) < 4.78 is 1.88. The van der Waals surface area contributed by atoms with E-state index in [0.717, 1.165) is 22.3 Å². The van der Waals surface area contributed by atoms with Crippen LogP contribution in [0.1, 0.15) is 25.3 Å². The molecule has 0 saturated carbocycles. The quantitative estimate of drug-likeness (QED) is 0.696. The predicted molar refractivity (Wildman–Crippen MR) is 63.6 cm³/mol. The molecule has 2 aromatic rings. The van der Waals surface area contributed by atoms with Crippen molar-refractivity contribution in [2.24, 2.45) is 7.05 Å². The van der Waals surface area contributed by atoms with Gasteiger partial charge in [-0.2, -0.15) is 0 Å². The van der Waals surface area contributed by atoms with Crippen LogP contribution in [0.2, 0.25) is 0 Å². The van der Waals surface area contributed by atoms with E-state index in [9.17, 15) is 0 Å². The molecule has 4 heteroatoms. The molecular formula is C11H16N4. The number of nitrogens with zero attached hydrogens (tertiary/aromatic N) is 2. The third-order valence-electron chi connectivity index (χ3n) is 2.74. The Morgan fingerprint density at radius 3 is 2.53 bits per heavy atom. The normalized spacial score (nSPS) is 11.5. The zero-order valence-corrected chi connectivity index (χ0v) is 9.28. The minimum Gasteiger partial charge on any atom is -0.398 e. The number of aromatic nitrogens is 2. The monoisotopic (exact) mass is 204 g/mol. The number of nitrogens with two attached hydrogens (primary N) is 2. The van der Waals surface area contributed by atoms with Crippen LogP contribution in [0.5, 0.6) is 0 Å². The molecule has 0 atom stereocenters. The molecule has 4 nitrogen and oxygen atoms in total. The molecule has 1 heterocycles. The molecule has 0 unspecified atom stereocenters. The predicted octanol–water partition coefficient (Wildman–Crippen LogP) is 1.86. The van der Waals surface area contributed by atoms with Crippen LogP contribution >= 0.6 is 0 Å². The number of benzene rings is 1. The van der Waals surface area contributed by atoms with Gasteiger partial charge in [0.15, 0.2) is 0 Å².